The van der Waals surface area contributed by atoms with Crippen molar-refractivity contribution in [3.8, 4) is 0 Å². The molecule has 0 N–H and O–H groups in total. The summed E-state index contributed by atoms with van der Waals surface area (Å²) < 4.78 is 0. The zero-order chi connectivity index (χ0) is 6.57. The molecule has 0 aromatic heterocycles. The Balaban J connectivity index is 3.35. The van der Waals surface area contributed by atoms with E-state index in [0.717, 1.165) is 5.66 Å². The SMILES string of the molecule is CCP(CC)C(C)C. The van der Waals surface area contributed by atoms with Gasteiger partial charge in [0.05, 0.1) is 0 Å². The highest BCUT2D eigenvalue weighted by Crippen LogP contribution is 2.39. The van der Waals surface area contributed by atoms with Gasteiger partial charge in [-0.1, -0.05) is 27.7 Å². The van der Waals surface area contributed by atoms with E-state index in [2.05, 4.69) is 27.7 Å². The van der Waals surface area contributed by atoms with Gasteiger partial charge in [0.15, 0.2) is 0 Å². The molecule has 0 bridgehead atoms. The third-order valence-corrected chi connectivity index (χ3v) is 4.63. The zero-order valence-electron chi connectivity index (χ0n) is 6.44. The smallest absolute Gasteiger partial charge is 0.0266 e. The molecule has 0 aliphatic rings. The Morgan fingerprint density at radius 3 is 1.50 bits per heavy atom. The van der Waals surface area contributed by atoms with Gasteiger partial charge in [0.25, 0.3) is 0 Å². The Labute approximate surface area is 54.4 Å². The lowest BCUT2D eigenvalue weighted by atomic mass is 10.6. The van der Waals surface area contributed by atoms with Crippen LogP contribution in [0.4, 0.5) is 0 Å². The van der Waals surface area contributed by atoms with Gasteiger partial charge in [0.2, 0.25) is 0 Å². The normalized spacial score (nSPS) is 11.2. The summed E-state index contributed by atoms with van der Waals surface area (Å²) in [7, 11) is 0.385. The molecule has 0 atom stereocenters. The van der Waals surface area contributed by atoms with Gasteiger partial charge in [-0.25, -0.2) is 0 Å². The van der Waals surface area contributed by atoms with E-state index in [9.17, 15) is 0 Å². The van der Waals surface area contributed by atoms with Crippen LogP contribution in [0.25, 0.3) is 0 Å². The minimum atomic E-state index is 0.385. The molecule has 0 amide bonds. The van der Waals surface area contributed by atoms with Gasteiger partial charge in [0, 0.05) is 0 Å². The van der Waals surface area contributed by atoms with Gasteiger partial charge in [-0.3, -0.25) is 0 Å². The van der Waals surface area contributed by atoms with E-state index in [1.165, 1.54) is 12.3 Å². The largest absolute Gasteiger partial charge is 0.105 e. The molecule has 0 aliphatic carbocycles. The molecule has 1 heteroatoms. The molecule has 0 radical (unpaired) electrons. The maximum Gasteiger partial charge on any atom is -0.0266 e. The van der Waals surface area contributed by atoms with Crippen LogP contribution in [0, 0.1) is 0 Å². The molecule has 0 spiro atoms. The average Bonchev–Trinajstić information content (AvgIpc) is 1.69. The third kappa shape index (κ3) is 2.67. The average molecular weight is 132 g/mol. The molecule has 0 aromatic carbocycles. The summed E-state index contributed by atoms with van der Waals surface area (Å²) in [6.07, 6.45) is 2.81. The van der Waals surface area contributed by atoms with Crippen molar-refractivity contribution in [1.82, 2.24) is 0 Å². The molecule has 0 aromatic rings. The van der Waals surface area contributed by atoms with Gasteiger partial charge in [0.1, 0.15) is 0 Å². The van der Waals surface area contributed by atoms with E-state index < -0.39 is 0 Å². The second kappa shape index (κ2) is 4.32. The number of hydrogen-bond donors (Lipinski definition) is 0. The summed E-state index contributed by atoms with van der Waals surface area (Å²) in [6.45, 7) is 9.27. The monoisotopic (exact) mass is 132 g/mol. The lowest BCUT2D eigenvalue weighted by molar-refractivity contribution is 1.07. The van der Waals surface area contributed by atoms with Crippen molar-refractivity contribution in [1.29, 1.82) is 0 Å². The lowest BCUT2D eigenvalue weighted by Crippen LogP contribution is -1.96. The standard InChI is InChI=1S/C7H17P/c1-5-8(6-2)7(3)4/h7H,5-6H2,1-4H3. The van der Waals surface area contributed by atoms with Crippen molar-refractivity contribution in [2.75, 3.05) is 12.3 Å². The van der Waals surface area contributed by atoms with Crippen LogP contribution in [0.5, 0.6) is 0 Å². The van der Waals surface area contributed by atoms with Crippen molar-refractivity contribution >= 4 is 7.92 Å². The van der Waals surface area contributed by atoms with E-state index >= 15 is 0 Å². The van der Waals surface area contributed by atoms with Crippen LogP contribution in [0.2, 0.25) is 0 Å². The highest BCUT2D eigenvalue weighted by Gasteiger charge is 2.04. The summed E-state index contributed by atoms with van der Waals surface area (Å²) >= 11 is 0. The highest BCUT2D eigenvalue weighted by molar-refractivity contribution is 7.58. The zero-order valence-corrected chi connectivity index (χ0v) is 7.33. The Bertz CT molecular complexity index is 46.3. The predicted molar refractivity (Wildman–Crippen MR) is 43.1 cm³/mol. The Morgan fingerprint density at radius 2 is 1.50 bits per heavy atom. The Hall–Kier alpha value is 0.430. The van der Waals surface area contributed by atoms with Gasteiger partial charge in [-0.15, -0.1) is 7.92 Å². The van der Waals surface area contributed by atoms with Crippen LogP contribution in [0.15, 0.2) is 0 Å². The van der Waals surface area contributed by atoms with E-state index in [0.29, 0.717) is 7.92 Å². The van der Waals surface area contributed by atoms with E-state index in [1.54, 1.807) is 0 Å². The van der Waals surface area contributed by atoms with Crippen LogP contribution < -0.4 is 0 Å². The number of hydrogen-bond acceptors (Lipinski definition) is 0. The van der Waals surface area contributed by atoms with Crippen molar-refractivity contribution < 1.29 is 0 Å². The van der Waals surface area contributed by atoms with Crippen LogP contribution >= 0.6 is 7.92 Å². The van der Waals surface area contributed by atoms with Crippen LogP contribution in [-0.2, 0) is 0 Å². The van der Waals surface area contributed by atoms with E-state index in [1.807, 2.05) is 0 Å². The van der Waals surface area contributed by atoms with Crippen molar-refractivity contribution in [3.05, 3.63) is 0 Å². The minimum absolute atomic E-state index is 0.385. The molecule has 0 rings (SSSR count). The molecule has 0 unspecified atom stereocenters. The Kier molecular flexibility index (Phi) is 4.56. The third-order valence-electron chi connectivity index (χ3n) is 1.54. The maximum atomic E-state index is 2.33. The lowest BCUT2D eigenvalue weighted by Gasteiger charge is -2.16. The second-order valence-corrected chi connectivity index (χ2v) is 5.79. The van der Waals surface area contributed by atoms with E-state index in [4.69, 9.17) is 0 Å². The predicted octanol–water partition coefficient (Wildman–Crippen LogP) is 2.92. The van der Waals surface area contributed by atoms with Crippen molar-refractivity contribution in [2.24, 2.45) is 0 Å². The van der Waals surface area contributed by atoms with Gasteiger partial charge in [-0.05, 0) is 18.0 Å². The molecule has 0 nitrogen and oxygen atoms in total. The molecule has 0 fully saturated rings. The van der Waals surface area contributed by atoms with Gasteiger partial charge < -0.3 is 0 Å². The minimum Gasteiger partial charge on any atom is -0.105 e. The van der Waals surface area contributed by atoms with Gasteiger partial charge in [-0.2, -0.15) is 0 Å². The fraction of sp³-hybridized carbons (Fsp3) is 1.00. The van der Waals surface area contributed by atoms with E-state index in [-0.39, 0.29) is 0 Å². The summed E-state index contributed by atoms with van der Waals surface area (Å²) in [5.74, 6) is 0. The van der Waals surface area contributed by atoms with Crippen LogP contribution in [-0.4, -0.2) is 18.0 Å². The molecule has 50 valence electrons. The first kappa shape index (κ1) is 8.43. The Morgan fingerprint density at radius 1 is 1.12 bits per heavy atom. The summed E-state index contributed by atoms with van der Waals surface area (Å²) in [5, 5.41) is 0. The van der Waals surface area contributed by atoms with Crippen LogP contribution in [0.1, 0.15) is 27.7 Å². The molecule has 0 aliphatic heterocycles. The first-order valence-corrected chi connectivity index (χ1v) is 5.24. The summed E-state index contributed by atoms with van der Waals surface area (Å²) in [5.41, 5.74) is 0.944. The van der Waals surface area contributed by atoms with Crippen molar-refractivity contribution in [3.63, 3.8) is 0 Å². The molecule has 0 saturated carbocycles. The molecular weight excluding hydrogens is 115 g/mol. The molecule has 0 heterocycles. The first-order valence-electron chi connectivity index (χ1n) is 3.46. The molecule has 8 heavy (non-hydrogen) atoms. The molecular formula is C7H17P. The second-order valence-electron chi connectivity index (χ2n) is 2.31. The van der Waals surface area contributed by atoms with Crippen LogP contribution in [0.3, 0.4) is 0 Å². The quantitative estimate of drug-likeness (QED) is 0.518. The van der Waals surface area contributed by atoms with Crippen molar-refractivity contribution in [2.45, 2.75) is 33.4 Å². The topological polar surface area (TPSA) is 0 Å². The van der Waals surface area contributed by atoms with Gasteiger partial charge >= 0.3 is 0 Å². The highest BCUT2D eigenvalue weighted by atomic mass is 31.1. The summed E-state index contributed by atoms with van der Waals surface area (Å²) in [6, 6.07) is 0. The summed E-state index contributed by atoms with van der Waals surface area (Å²) in [4.78, 5) is 0. The molecule has 0 saturated heterocycles. The first-order chi connectivity index (χ1) is 3.72. The fourth-order valence-electron chi connectivity index (χ4n) is 0.954. The fourth-order valence-corrected chi connectivity index (χ4v) is 2.86. The number of rotatable bonds is 3. The maximum absolute atomic E-state index is 2.33.